The quantitative estimate of drug-likeness (QED) is 0.303. The van der Waals surface area contributed by atoms with Crippen molar-refractivity contribution in [2.24, 2.45) is 17.8 Å². The summed E-state index contributed by atoms with van der Waals surface area (Å²) in [6.07, 6.45) is 12.7. The average molecular weight is 510 g/mol. The van der Waals surface area contributed by atoms with E-state index in [2.05, 4.69) is 22.0 Å². The predicted octanol–water partition coefficient (Wildman–Crippen LogP) is 7.91. The Morgan fingerprint density at radius 2 is 1.61 bits per heavy atom. The summed E-state index contributed by atoms with van der Waals surface area (Å²) < 4.78 is 19.0. The Bertz CT molecular complexity index is 1030. The van der Waals surface area contributed by atoms with Crippen LogP contribution in [0.3, 0.4) is 0 Å². The number of rotatable bonds is 5. The molecule has 4 rings (SSSR count). The lowest BCUT2D eigenvalue weighted by Crippen LogP contribution is -2.25. The van der Waals surface area contributed by atoms with E-state index in [0.717, 1.165) is 23.8 Å². The molecule has 5 heteroatoms. The van der Waals surface area contributed by atoms with Gasteiger partial charge in [0.05, 0.1) is 11.1 Å². The highest BCUT2D eigenvalue weighted by atomic mass is 79.9. The summed E-state index contributed by atoms with van der Waals surface area (Å²) in [7, 11) is 0. The van der Waals surface area contributed by atoms with Crippen molar-refractivity contribution in [3.8, 4) is 11.8 Å². The predicted molar refractivity (Wildman–Crippen MR) is 131 cm³/mol. The third kappa shape index (κ3) is 5.92. The minimum absolute atomic E-state index is 0.0756. The zero-order valence-corrected chi connectivity index (χ0v) is 20.3. The van der Waals surface area contributed by atoms with Crippen LogP contribution in [0.2, 0.25) is 0 Å². The van der Waals surface area contributed by atoms with Crippen molar-refractivity contribution in [3.05, 3.63) is 76.0 Å². The van der Waals surface area contributed by atoms with Crippen LogP contribution < -0.4 is 4.74 Å². The van der Waals surface area contributed by atoms with E-state index in [0.29, 0.717) is 11.5 Å². The first-order valence-electron chi connectivity index (χ1n) is 11.9. The summed E-state index contributed by atoms with van der Waals surface area (Å²) in [5.41, 5.74) is 1.64. The van der Waals surface area contributed by atoms with Crippen LogP contribution in [0.5, 0.6) is 5.75 Å². The maximum Gasteiger partial charge on any atom is 0.343 e. The van der Waals surface area contributed by atoms with Crippen LogP contribution in [0.1, 0.15) is 78.8 Å². The van der Waals surface area contributed by atoms with Crippen LogP contribution in [0.4, 0.5) is 4.39 Å². The average Bonchev–Trinajstić information content (AvgIpc) is 2.85. The molecule has 172 valence electrons. The zero-order valence-electron chi connectivity index (χ0n) is 18.7. The van der Waals surface area contributed by atoms with Crippen LogP contribution in [0.25, 0.3) is 0 Å². The number of ether oxygens (including phenoxy) is 1. The van der Waals surface area contributed by atoms with Gasteiger partial charge in [-0.05, 0) is 110 Å². The Balaban J connectivity index is 1.29. The minimum Gasteiger partial charge on any atom is -0.423 e. The lowest BCUT2D eigenvalue weighted by Gasteiger charge is -2.37. The number of carbonyl (C=O) groups is 1. The van der Waals surface area contributed by atoms with E-state index >= 15 is 0 Å². The molecule has 0 bridgehead atoms. The highest BCUT2D eigenvalue weighted by molar-refractivity contribution is 9.11. The number of benzene rings is 2. The Hall–Kier alpha value is -2.45. The highest BCUT2D eigenvalue weighted by Crippen LogP contribution is 2.44. The lowest BCUT2D eigenvalue weighted by atomic mass is 9.68. The van der Waals surface area contributed by atoms with Crippen molar-refractivity contribution in [1.29, 1.82) is 5.26 Å². The molecule has 3 nitrogen and oxygen atoms in total. The first-order chi connectivity index (χ1) is 16.1. The number of nitrogens with zero attached hydrogens (tertiary/aromatic N) is 1. The van der Waals surface area contributed by atoms with Gasteiger partial charge in [-0.15, -0.1) is 0 Å². The third-order valence-corrected chi connectivity index (χ3v) is 7.79. The number of esters is 1. The smallest absolute Gasteiger partial charge is 0.343 e. The molecule has 0 amide bonds. The van der Waals surface area contributed by atoms with Crippen molar-refractivity contribution < 1.29 is 13.9 Å². The van der Waals surface area contributed by atoms with Crippen LogP contribution in [-0.2, 0) is 0 Å². The number of hydrogen-bond donors (Lipinski definition) is 0. The molecular weight excluding hydrogens is 481 g/mol. The summed E-state index contributed by atoms with van der Waals surface area (Å²) in [6, 6.07) is 13.2. The Kier molecular flexibility index (Phi) is 7.98. The fourth-order valence-electron chi connectivity index (χ4n) is 5.54. The van der Waals surface area contributed by atoms with Crippen LogP contribution in [0.15, 0.2) is 53.5 Å². The van der Waals surface area contributed by atoms with Gasteiger partial charge in [0.2, 0.25) is 0 Å². The van der Waals surface area contributed by atoms with E-state index in [9.17, 15) is 9.18 Å². The van der Waals surface area contributed by atoms with Crippen molar-refractivity contribution in [1.82, 2.24) is 0 Å². The molecular formula is C28H29BrFNO2. The van der Waals surface area contributed by atoms with Gasteiger partial charge in [-0.25, -0.2) is 9.18 Å². The number of hydrogen-bond acceptors (Lipinski definition) is 3. The monoisotopic (exact) mass is 509 g/mol. The first-order valence-corrected chi connectivity index (χ1v) is 12.8. The summed E-state index contributed by atoms with van der Waals surface area (Å²) in [6.45, 7) is 0. The number of carbonyl (C=O) groups excluding carboxylic acids is 1. The van der Waals surface area contributed by atoms with Crippen LogP contribution in [0, 0.1) is 34.9 Å². The molecule has 2 aromatic carbocycles. The van der Waals surface area contributed by atoms with E-state index < -0.39 is 11.8 Å². The summed E-state index contributed by atoms with van der Waals surface area (Å²) in [5, 5.41) is 8.81. The normalized spacial score (nSPS) is 25.5. The molecule has 0 aliphatic heterocycles. The van der Waals surface area contributed by atoms with Crippen LogP contribution in [-0.4, -0.2) is 5.97 Å². The van der Waals surface area contributed by atoms with E-state index in [1.54, 1.807) is 18.2 Å². The van der Waals surface area contributed by atoms with Gasteiger partial charge in [-0.1, -0.05) is 34.1 Å². The maximum atomic E-state index is 13.7. The van der Waals surface area contributed by atoms with Gasteiger partial charge in [-0.2, -0.15) is 5.26 Å². The van der Waals surface area contributed by atoms with Gasteiger partial charge in [-0.3, -0.25) is 0 Å². The molecule has 2 fully saturated rings. The Labute approximate surface area is 203 Å². The van der Waals surface area contributed by atoms with Gasteiger partial charge in [0, 0.05) is 6.07 Å². The van der Waals surface area contributed by atoms with Gasteiger partial charge in [0.25, 0.3) is 0 Å². The second-order valence-corrected chi connectivity index (χ2v) is 9.90. The largest absolute Gasteiger partial charge is 0.423 e. The standard InChI is InChI=1S/C28H29BrFNO2/c29-16-15-19-1-3-20(4-2-19)21-5-7-22(8-6-21)23-9-11-24(12-10-23)28(32)33-26-14-13-25(18-31)27(30)17-26/h9-17,19-22H,1-8H2/b16-15+/t19-,20-,21?,22?. The molecule has 0 spiro atoms. The van der Waals surface area contributed by atoms with Gasteiger partial charge in [0.1, 0.15) is 17.6 Å². The van der Waals surface area contributed by atoms with Gasteiger partial charge in [0.15, 0.2) is 0 Å². The fraction of sp³-hybridized carbons (Fsp3) is 0.429. The molecule has 2 aliphatic carbocycles. The Morgan fingerprint density at radius 1 is 0.970 bits per heavy atom. The van der Waals surface area contributed by atoms with Gasteiger partial charge < -0.3 is 4.74 Å². The van der Waals surface area contributed by atoms with Gasteiger partial charge >= 0.3 is 5.97 Å². The van der Waals surface area contributed by atoms with E-state index in [1.807, 2.05) is 17.1 Å². The molecule has 0 N–H and O–H groups in total. The molecule has 2 aliphatic rings. The third-order valence-electron chi connectivity index (χ3n) is 7.49. The number of allylic oxidation sites excluding steroid dienone is 1. The molecule has 0 heterocycles. The molecule has 0 radical (unpaired) electrons. The molecule has 0 saturated heterocycles. The minimum atomic E-state index is -0.697. The van der Waals surface area contributed by atoms with Crippen molar-refractivity contribution in [2.45, 2.75) is 57.3 Å². The summed E-state index contributed by atoms with van der Waals surface area (Å²) in [5.74, 6) is 1.91. The summed E-state index contributed by atoms with van der Waals surface area (Å²) >= 11 is 3.41. The Morgan fingerprint density at radius 3 is 2.18 bits per heavy atom. The molecule has 2 saturated carbocycles. The van der Waals surface area contributed by atoms with Crippen molar-refractivity contribution in [2.75, 3.05) is 0 Å². The highest BCUT2D eigenvalue weighted by Gasteiger charge is 2.30. The topological polar surface area (TPSA) is 50.1 Å². The molecule has 0 atom stereocenters. The molecule has 33 heavy (non-hydrogen) atoms. The summed E-state index contributed by atoms with van der Waals surface area (Å²) in [4.78, 5) is 14.4. The lowest BCUT2D eigenvalue weighted by molar-refractivity contribution is 0.0734. The molecule has 0 unspecified atom stereocenters. The fourth-order valence-corrected chi connectivity index (χ4v) is 5.97. The van der Waals surface area contributed by atoms with Crippen LogP contribution >= 0.6 is 15.9 Å². The van der Waals surface area contributed by atoms with Crippen molar-refractivity contribution >= 4 is 21.9 Å². The second kappa shape index (κ2) is 11.1. The SMILES string of the molecule is N#Cc1ccc(OC(=O)c2ccc(C3CCC([C@H]4CC[C@H](/C=C/Br)CC4)CC3)cc2)cc1F. The number of halogens is 2. The number of nitriles is 1. The van der Waals surface area contributed by atoms with E-state index in [4.69, 9.17) is 10.00 Å². The first kappa shape index (κ1) is 23.7. The molecule has 0 aromatic heterocycles. The second-order valence-electron chi connectivity index (χ2n) is 9.37. The van der Waals surface area contributed by atoms with E-state index in [-0.39, 0.29) is 11.3 Å². The zero-order chi connectivity index (χ0) is 23.2. The van der Waals surface area contributed by atoms with E-state index in [1.165, 1.54) is 69.1 Å². The molecule has 2 aromatic rings. The maximum absolute atomic E-state index is 13.7. The van der Waals surface area contributed by atoms with Crippen molar-refractivity contribution in [3.63, 3.8) is 0 Å².